The first-order valence-electron chi connectivity index (χ1n) is 11.4. The lowest BCUT2D eigenvalue weighted by atomic mass is 9.53. The molecule has 30 heavy (non-hydrogen) atoms. The summed E-state index contributed by atoms with van der Waals surface area (Å²) in [5.41, 5.74) is 0.863. The standard InChI is InChI=1S/C23H33N3O3S/c27-22(24-23-13-19-10-20(14-23)12-21(11-19)15-23)16-25-6-8-26(9-7-25)30(28,29)17-18-4-2-1-3-5-18/h1-5,19-21H,6-17H2,(H,24,27). The zero-order valence-corrected chi connectivity index (χ0v) is 18.4. The highest BCUT2D eigenvalue weighted by atomic mass is 32.2. The van der Waals surface area contributed by atoms with Gasteiger partial charge in [-0.2, -0.15) is 4.31 Å². The first-order valence-corrected chi connectivity index (χ1v) is 13.1. The smallest absolute Gasteiger partial charge is 0.234 e. The lowest BCUT2D eigenvalue weighted by molar-refractivity contribution is -0.128. The average molecular weight is 432 g/mol. The highest BCUT2D eigenvalue weighted by molar-refractivity contribution is 7.88. The molecule has 0 aromatic heterocycles. The zero-order chi connectivity index (χ0) is 20.8. The van der Waals surface area contributed by atoms with E-state index in [4.69, 9.17) is 0 Å². The van der Waals surface area contributed by atoms with Gasteiger partial charge in [0.2, 0.25) is 15.9 Å². The molecular formula is C23H33N3O3S. The summed E-state index contributed by atoms with van der Waals surface area (Å²) in [5, 5.41) is 3.43. The van der Waals surface area contributed by atoms with Crippen molar-refractivity contribution >= 4 is 15.9 Å². The summed E-state index contributed by atoms with van der Waals surface area (Å²) < 4.78 is 27.0. The van der Waals surface area contributed by atoms with Crippen molar-refractivity contribution < 1.29 is 13.2 Å². The molecule has 1 N–H and O–H groups in total. The fraction of sp³-hybridized carbons (Fsp3) is 0.696. The van der Waals surface area contributed by atoms with E-state index in [1.165, 1.54) is 19.3 Å². The lowest BCUT2D eigenvalue weighted by Gasteiger charge is -2.57. The molecule has 0 spiro atoms. The van der Waals surface area contributed by atoms with Gasteiger partial charge in [0.25, 0.3) is 0 Å². The van der Waals surface area contributed by atoms with Gasteiger partial charge >= 0.3 is 0 Å². The van der Waals surface area contributed by atoms with Crippen LogP contribution in [0, 0.1) is 17.8 Å². The number of nitrogens with one attached hydrogen (secondary N) is 1. The number of rotatable bonds is 6. The molecule has 7 heteroatoms. The average Bonchev–Trinajstić information content (AvgIpc) is 2.67. The van der Waals surface area contributed by atoms with Crippen molar-refractivity contribution in [2.24, 2.45) is 17.8 Å². The largest absolute Gasteiger partial charge is 0.350 e. The zero-order valence-electron chi connectivity index (χ0n) is 17.6. The molecule has 0 atom stereocenters. The van der Waals surface area contributed by atoms with Crippen LogP contribution in [0.15, 0.2) is 30.3 Å². The van der Waals surface area contributed by atoms with E-state index in [-0.39, 0.29) is 17.2 Å². The molecule has 1 amide bonds. The number of amides is 1. The van der Waals surface area contributed by atoms with Crippen LogP contribution in [0.2, 0.25) is 0 Å². The van der Waals surface area contributed by atoms with E-state index in [9.17, 15) is 13.2 Å². The second kappa shape index (κ2) is 7.92. The Balaban J connectivity index is 1.12. The number of carbonyl (C=O) groups excluding carboxylic acids is 1. The Kier molecular flexibility index (Phi) is 5.40. The third kappa shape index (κ3) is 4.30. The second-order valence-corrected chi connectivity index (χ2v) is 12.1. The molecule has 164 valence electrons. The highest BCUT2D eigenvalue weighted by Gasteiger charge is 2.51. The van der Waals surface area contributed by atoms with Crippen molar-refractivity contribution in [2.75, 3.05) is 32.7 Å². The normalized spacial score (nSPS) is 34.2. The molecule has 6 rings (SSSR count). The topological polar surface area (TPSA) is 69.7 Å². The lowest BCUT2D eigenvalue weighted by Crippen LogP contribution is -2.61. The molecule has 1 aromatic carbocycles. The van der Waals surface area contributed by atoms with E-state index >= 15 is 0 Å². The van der Waals surface area contributed by atoms with E-state index in [0.29, 0.717) is 32.7 Å². The number of nitrogens with zero attached hydrogens (tertiary/aromatic N) is 2. The highest BCUT2D eigenvalue weighted by Crippen LogP contribution is 2.55. The van der Waals surface area contributed by atoms with E-state index in [1.807, 2.05) is 30.3 Å². The molecule has 4 saturated carbocycles. The summed E-state index contributed by atoms with van der Waals surface area (Å²) in [4.78, 5) is 14.9. The van der Waals surface area contributed by atoms with Crippen LogP contribution >= 0.6 is 0 Å². The number of piperazine rings is 1. The van der Waals surface area contributed by atoms with Crippen molar-refractivity contribution in [1.29, 1.82) is 0 Å². The van der Waals surface area contributed by atoms with Crippen LogP contribution < -0.4 is 5.32 Å². The van der Waals surface area contributed by atoms with Gasteiger partial charge in [0.15, 0.2) is 0 Å². The molecule has 1 aliphatic heterocycles. The Morgan fingerprint density at radius 1 is 0.933 bits per heavy atom. The third-order valence-electron chi connectivity index (χ3n) is 7.73. The fourth-order valence-corrected chi connectivity index (χ4v) is 8.36. The molecule has 4 aliphatic carbocycles. The number of carbonyl (C=O) groups is 1. The van der Waals surface area contributed by atoms with Gasteiger partial charge in [0.05, 0.1) is 12.3 Å². The summed E-state index contributed by atoms with van der Waals surface area (Å²) in [6.07, 6.45) is 7.60. The molecule has 1 aromatic rings. The minimum absolute atomic E-state index is 0.0420. The molecule has 1 saturated heterocycles. The van der Waals surface area contributed by atoms with Crippen molar-refractivity contribution in [1.82, 2.24) is 14.5 Å². The SMILES string of the molecule is O=C(CN1CCN(S(=O)(=O)Cc2ccccc2)CC1)NC12CC3CC(CC(C3)C1)C2. The first-order chi connectivity index (χ1) is 14.4. The Morgan fingerprint density at radius 3 is 2.07 bits per heavy atom. The molecule has 5 aliphatic rings. The van der Waals surface area contributed by atoms with Crippen LogP contribution in [0.1, 0.15) is 44.1 Å². The molecule has 6 nitrogen and oxygen atoms in total. The van der Waals surface area contributed by atoms with E-state index in [1.54, 1.807) is 4.31 Å². The Bertz CT molecular complexity index is 843. The molecule has 0 radical (unpaired) electrons. The van der Waals surface area contributed by atoms with Crippen LogP contribution in [-0.2, 0) is 20.6 Å². The van der Waals surface area contributed by atoms with Gasteiger partial charge in [-0.3, -0.25) is 9.69 Å². The van der Waals surface area contributed by atoms with Crippen LogP contribution in [0.4, 0.5) is 0 Å². The monoisotopic (exact) mass is 431 g/mol. The molecule has 0 unspecified atom stereocenters. The summed E-state index contributed by atoms with van der Waals surface area (Å²) in [7, 11) is -3.32. The Hall–Kier alpha value is -1.44. The van der Waals surface area contributed by atoms with E-state index < -0.39 is 10.0 Å². The fourth-order valence-electron chi connectivity index (χ4n) is 6.84. The summed E-state index contributed by atoms with van der Waals surface area (Å²) in [6, 6.07) is 9.32. The van der Waals surface area contributed by atoms with Crippen molar-refractivity contribution in [2.45, 2.75) is 49.8 Å². The van der Waals surface area contributed by atoms with Gasteiger partial charge in [-0.05, 0) is 61.8 Å². The number of benzene rings is 1. The number of sulfonamides is 1. The second-order valence-electron chi connectivity index (χ2n) is 10.2. The third-order valence-corrected chi connectivity index (χ3v) is 9.58. The Morgan fingerprint density at radius 2 is 1.50 bits per heavy atom. The summed E-state index contributed by atoms with van der Waals surface area (Å²) >= 11 is 0. The van der Waals surface area contributed by atoms with Gasteiger partial charge in [-0.1, -0.05) is 30.3 Å². The minimum Gasteiger partial charge on any atom is -0.350 e. The maximum Gasteiger partial charge on any atom is 0.234 e. The van der Waals surface area contributed by atoms with Crippen molar-refractivity contribution in [3.63, 3.8) is 0 Å². The summed E-state index contributed by atoms with van der Waals surface area (Å²) in [6.45, 7) is 2.53. The quantitative estimate of drug-likeness (QED) is 0.750. The van der Waals surface area contributed by atoms with Crippen LogP contribution in [0.25, 0.3) is 0 Å². The summed E-state index contributed by atoms with van der Waals surface area (Å²) in [5.74, 6) is 2.61. The number of hydrogen-bond acceptors (Lipinski definition) is 4. The predicted molar refractivity (Wildman–Crippen MR) is 116 cm³/mol. The van der Waals surface area contributed by atoms with Gasteiger partial charge in [-0.25, -0.2) is 8.42 Å². The van der Waals surface area contributed by atoms with Crippen LogP contribution in [-0.4, -0.2) is 61.8 Å². The van der Waals surface area contributed by atoms with Gasteiger partial charge < -0.3 is 5.32 Å². The molecule has 5 fully saturated rings. The van der Waals surface area contributed by atoms with Crippen LogP contribution in [0.5, 0.6) is 0 Å². The molecule has 1 heterocycles. The van der Waals surface area contributed by atoms with Gasteiger partial charge in [-0.15, -0.1) is 0 Å². The molecule has 4 bridgehead atoms. The van der Waals surface area contributed by atoms with E-state index in [2.05, 4.69) is 10.2 Å². The Labute approximate surface area is 180 Å². The predicted octanol–water partition coefficient (Wildman–Crippen LogP) is 2.22. The maximum absolute atomic E-state index is 12.8. The number of hydrogen-bond donors (Lipinski definition) is 1. The first kappa shape index (κ1) is 20.5. The maximum atomic E-state index is 12.8. The van der Waals surface area contributed by atoms with Crippen molar-refractivity contribution in [3.8, 4) is 0 Å². The van der Waals surface area contributed by atoms with Crippen molar-refractivity contribution in [3.05, 3.63) is 35.9 Å². The van der Waals surface area contributed by atoms with E-state index in [0.717, 1.165) is 42.6 Å². The molecular weight excluding hydrogens is 398 g/mol. The van der Waals surface area contributed by atoms with Gasteiger partial charge in [0.1, 0.15) is 0 Å². The van der Waals surface area contributed by atoms with Gasteiger partial charge in [0, 0.05) is 31.7 Å². The minimum atomic E-state index is -3.32. The van der Waals surface area contributed by atoms with Crippen LogP contribution in [0.3, 0.4) is 0 Å².